The predicted molar refractivity (Wildman–Crippen MR) is 50.8 cm³/mol. The van der Waals surface area contributed by atoms with Crippen molar-refractivity contribution in [1.82, 2.24) is 5.32 Å². The molecule has 4 nitrogen and oxygen atoms in total. The van der Waals surface area contributed by atoms with E-state index in [1.54, 1.807) is 6.92 Å². The van der Waals surface area contributed by atoms with Gasteiger partial charge in [-0.15, -0.1) is 0 Å². The maximum absolute atomic E-state index is 10.4. The molecule has 0 amide bonds. The van der Waals surface area contributed by atoms with Crippen LogP contribution in [-0.4, -0.2) is 36.9 Å². The molecular weight excluding hydrogens is 170 g/mol. The molecule has 0 saturated carbocycles. The molecular formula is C9H19NO3. The molecule has 0 aromatic heterocycles. The summed E-state index contributed by atoms with van der Waals surface area (Å²) in [4.78, 5) is 10.4. The van der Waals surface area contributed by atoms with Crippen LogP contribution in [0.1, 0.15) is 20.8 Å². The number of carboxylic acids is 1. The first-order valence-corrected chi connectivity index (χ1v) is 4.58. The van der Waals surface area contributed by atoms with E-state index in [2.05, 4.69) is 19.2 Å². The van der Waals surface area contributed by atoms with Crippen molar-refractivity contribution >= 4 is 5.97 Å². The molecule has 0 radical (unpaired) electrons. The number of hydrogen-bond donors (Lipinski definition) is 2. The SMILES string of the molecule is CC(C)COCCNC(C)C(=O)O. The molecule has 0 spiro atoms. The third-order valence-corrected chi connectivity index (χ3v) is 1.52. The van der Waals surface area contributed by atoms with Crippen LogP contribution in [0.25, 0.3) is 0 Å². The summed E-state index contributed by atoms with van der Waals surface area (Å²) >= 11 is 0. The molecule has 0 aliphatic heterocycles. The highest BCUT2D eigenvalue weighted by molar-refractivity contribution is 5.72. The minimum absolute atomic E-state index is 0.498. The summed E-state index contributed by atoms with van der Waals surface area (Å²) in [5.74, 6) is -0.305. The Morgan fingerprint density at radius 1 is 1.46 bits per heavy atom. The van der Waals surface area contributed by atoms with Gasteiger partial charge in [0.1, 0.15) is 6.04 Å². The molecule has 0 fully saturated rings. The second-order valence-electron chi connectivity index (χ2n) is 3.48. The second-order valence-corrected chi connectivity index (χ2v) is 3.48. The molecule has 1 unspecified atom stereocenters. The average Bonchev–Trinajstić information content (AvgIpc) is 2.02. The van der Waals surface area contributed by atoms with Gasteiger partial charge in [-0.25, -0.2) is 0 Å². The van der Waals surface area contributed by atoms with Crippen LogP contribution in [0.4, 0.5) is 0 Å². The number of carboxylic acid groups (broad SMARTS) is 1. The van der Waals surface area contributed by atoms with Gasteiger partial charge in [0, 0.05) is 13.2 Å². The maximum atomic E-state index is 10.4. The normalized spacial score (nSPS) is 13.2. The number of carbonyl (C=O) groups is 1. The minimum Gasteiger partial charge on any atom is -0.480 e. The second kappa shape index (κ2) is 6.86. The van der Waals surface area contributed by atoms with Crippen LogP contribution < -0.4 is 5.32 Å². The highest BCUT2D eigenvalue weighted by Crippen LogP contribution is 1.91. The Labute approximate surface area is 79.3 Å². The average molecular weight is 189 g/mol. The summed E-state index contributed by atoms with van der Waals surface area (Å²) in [7, 11) is 0. The van der Waals surface area contributed by atoms with Crippen molar-refractivity contribution in [2.24, 2.45) is 5.92 Å². The van der Waals surface area contributed by atoms with E-state index in [1.165, 1.54) is 0 Å². The van der Waals surface area contributed by atoms with Gasteiger partial charge in [0.05, 0.1) is 6.61 Å². The van der Waals surface area contributed by atoms with E-state index in [4.69, 9.17) is 9.84 Å². The van der Waals surface area contributed by atoms with E-state index in [1.807, 2.05) is 0 Å². The molecule has 13 heavy (non-hydrogen) atoms. The van der Waals surface area contributed by atoms with Crippen molar-refractivity contribution < 1.29 is 14.6 Å². The van der Waals surface area contributed by atoms with E-state index >= 15 is 0 Å². The first-order chi connectivity index (χ1) is 6.04. The zero-order valence-corrected chi connectivity index (χ0v) is 8.54. The molecule has 0 aromatic rings. The van der Waals surface area contributed by atoms with Crippen LogP contribution in [0.2, 0.25) is 0 Å². The third kappa shape index (κ3) is 7.74. The van der Waals surface area contributed by atoms with Crippen molar-refractivity contribution in [2.75, 3.05) is 19.8 Å². The summed E-state index contributed by atoms with van der Waals surface area (Å²) in [6.07, 6.45) is 0. The maximum Gasteiger partial charge on any atom is 0.320 e. The highest BCUT2D eigenvalue weighted by Gasteiger charge is 2.08. The minimum atomic E-state index is -0.830. The lowest BCUT2D eigenvalue weighted by Gasteiger charge is -2.10. The lowest BCUT2D eigenvalue weighted by Crippen LogP contribution is -2.36. The van der Waals surface area contributed by atoms with Gasteiger partial charge in [-0.05, 0) is 12.8 Å². The number of ether oxygens (including phenoxy) is 1. The lowest BCUT2D eigenvalue weighted by molar-refractivity contribution is -0.139. The Balaban J connectivity index is 3.21. The van der Waals surface area contributed by atoms with Gasteiger partial charge < -0.3 is 15.2 Å². The van der Waals surface area contributed by atoms with Crippen LogP contribution in [0.3, 0.4) is 0 Å². The molecule has 0 aliphatic rings. The summed E-state index contributed by atoms with van der Waals surface area (Å²) in [5.41, 5.74) is 0. The molecule has 0 saturated heterocycles. The zero-order valence-electron chi connectivity index (χ0n) is 8.54. The molecule has 4 heteroatoms. The van der Waals surface area contributed by atoms with Crippen molar-refractivity contribution in [3.8, 4) is 0 Å². The van der Waals surface area contributed by atoms with Crippen molar-refractivity contribution in [3.63, 3.8) is 0 Å². The Kier molecular flexibility index (Phi) is 6.54. The molecule has 0 aliphatic carbocycles. The van der Waals surface area contributed by atoms with Crippen molar-refractivity contribution in [2.45, 2.75) is 26.8 Å². The summed E-state index contributed by atoms with van der Waals surface area (Å²) < 4.78 is 5.27. The molecule has 0 rings (SSSR count). The van der Waals surface area contributed by atoms with E-state index in [-0.39, 0.29) is 0 Å². The van der Waals surface area contributed by atoms with E-state index in [9.17, 15) is 4.79 Å². The van der Waals surface area contributed by atoms with E-state index < -0.39 is 12.0 Å². The van der Waals surface area contributed by atoms with E-state index in [0.29, 0.717) is 19.1 Å². The smallest absolute Gasteiger partial charge is 0.320 e. The molecule has 78 valence electrons. The Bertz CT molecular complexity index is 148. The van der Waals surface area contributed by atoms with Crippen LogP contribution in [0.5, 0.6) is 0 Å². The first-order valence-electron chi connectivity index (χ1n) is 4.58. The highest BCUT2D eigenvalue weighted by atomic mass is 16.5. The van der Waals surface area contributed by atoms with Gasteiger partial charge in [0.15, 0.2) is 0 Å². The number of hydrogen-bond acceptors (Lipinski definition) is 3. The molecule has 1 atom stereocenters. The fourth-order valence-electron chi connectivity index (χ4n) is 0.754. The van der Waals surface area contributed by atoms with Crippen LogP contribution in [-0.2, 0) is 9.53 Å². The lowest BCUT2D eigenvalue weighted by atomic mass is 10.2. The third-order valence-electron chi connectivity index (χ3n) is 1.52. The Morgan fingerprint density at radius 2 is 2.08 bits per heavy atom. The summed E-state index contributed by atoms with van der Waals surface area (Å²) in [6, 6.07) is -0.498. The van der Waals surface area contributed by atoms with Crippen LogP contribution in [0, 0.1) is 5.92 Å². The largest absolute Gasteiger partial charge is 0.480 e. The first kappa shape index (κ1) is 12.4. The standard InChI is InChI=1S/C9H19NO3/c1-7(2)6-13-5-4-10-8(3)9(11)12/h7-8,10H,4-6H2,1-3H3,(H,11,12). The topological polar surface area (TPSA) is 58.6 Å². The van der Waals surface area contributed by atoms with Crippen molar-refractivity contribution in [1.29, 1.82) is 0 Å². The van der Waals surface area contributed by atoms with Gasteiger partial charge in [-0.3, -0.25) is 4.79 Å². The van der Waals surface area contributed by atoms with Crippen LogP contribution >= 0.6 is 0 Å². The van der Waals surface area contributed by atoms with Gasteiger partial charge >= 0.3 is 5.97 Å². The number of nitrogens with one attached hydrogen (secondary N) is 1. The summed E-state index contributed by atoms with van der Waals surface area (Å²) in [6.45, 7) is 7.64. The van der Waals surface area contributed by atoms with Gasteiger partial charge in [0.2, 0.25) is 0 Å². The zero-order chi connectivity index (χ0) is 10.3. The predicted octanol–water partition coefficient (Wildman–Crippen LogP) is 0.722. The van der Waals surface area contributed by atoms with Gasteiger partial charge in [-0.2, -0.15) is 0 Å². The van der Waals surface area contributed by atoms with Crippen LogP contribution in [0.15, 0.2) is 0 Å². The van der Waals surface area contributed by atoms with Gasteiger partial charge in [-0.1, -0.05) is 13.8 Å². The fraction of sp³-hybridized carbons (Fsp3) is 0.889. The van der Waals surface area contributed by atoms with E-state index in [0.717, 1.165) is 6.61 Å². The Morgan fingerprint density at radius 3 is 2.54 bits per heavy atom. The fourth-order valence-corrected chi connectivity index (χ4v) is 0.754. The number of rotatable bonds is 7. The van der Waals surface area contributed by atoms with Crippen molar-refractivity contribution in [3.05, 3.63) is 0 Å². The number of aliphatic carboxylic acids is 1. The van der Waals surface area contributed by atoms with Gasteiger partial charge in [0.25, 0.3) is 0 Å². The quantitative estimate of drug-likeness (QED) is 0.579. The monoisotopic (exact) mass is 189 g/mol. The molecule has 0 aromatic carbocycles. The molecule has 0 heterocycles. The Hall–Kier alpha value is -0.610. The molecule has 2 N–H and O–H groups in total. The summed E-state index contributed by atoms with van der Waals surface area (Å²) in [5, 5.41) is 11.4. The molecule has 0 bridgehead atoms.